The van der Waals surface area contributed by atoms with Crippen LogP contribution in [0.15, 0.2) is 12.4 Å². The van der Waals surface area contributed by atoms with Crippen molar-refractivity contribution in [1.82, 2.24) is 29.9 Å². The van der Waals surface area contributed by atoms with E-state index in [9.17, 15) is 22.8 Å². The zero-order chi connectivity index (χ0) is 21.6. The minimum Gasteiger partial charge on any atom is -0.337 e. The summed E-state index contributed by atoms with van der Waals surface area (Å²) in [6.45, 7) is 2.58. The summed E-state index contributed by atoms with van der Waals surface area (Å²) in [6.07, 6.45) is -2.35. The number of carbonyl (C=O) groups excluding carboxylic acids is 2. The van der Waals surface area contributed by atoms with Gasteiger partial charge in [-0.1, -0.05) is 0 Å². The van der Waals surface area contributed by atoms with E-state index in [2.05, 4.69) is 20.5 Å². The summed E-state index contributed by atoms with van der Waals surface area (Å²) in [5.74, 6) is -1.72. The van der Waals surface area contributed by atoms with Gasteiger partial charge in [-0.05, 0) is 32.1 Å². The molecule has 0 saturated heterocycles. The standard InChI is InChI=1S/C18H22F3N7O2/c1-10-5-14-26(2)17(30)13(3-4-28(14)24-10)23-16(29)15-22-9-27(25-15)8-11-6-12(7-11)18(19,20)21/h5,9,11-13H,3-4,6-8H2,1-2H3,(H,23,29)/t11-,12-,13-/m0/s1. The van der Waals surface area contributed by atoms with Gasteiger partial charge in [0.1, 0.15) is 18.2 Å². The molecule has 1 N–H and O–H groups in total. The molecular weight excluding hydrogens is 403 g/mol. The van der Waals surface area contributed by atoms with Crippen LogP contribution in [0.1, 0.15) is 35.6 Å². The van der Waals surface area contributed by atoms with E-state index in [1.807, 2.05) is 6.92 Å². The van der Waals surface area contributed by atoms with Crippen molar-refractivity contribution in [1.29, 1.82) is 0 Å². The number of halogens is 3. The monoisotopic (exact) mass is 425 g/mol. The number of likely N-dealkylation sites (N-methyl/N-ethyl adjacent to an activating group) is 1. The SMILES string of the molecule is Cc1cc2n(n1)CC[C@H](NC(=O)c1ncn(C[C@H]3C[C@H](C(F)(F)F)C3)n1)C(=O)N2C. The maximum absolute atomic E-state index is 12.7. The molecule has 2 aliphatic rings. The lowest BCUT2D eigenvalue weighted by Gasteiger charge is -2.36. The van der Waals surface area contributed by atoms with Crippen molar-refractivity contribution < 1.29 is 22.8 Å². The largest absolute Gasteiger partial charge is 0.391 e. The van der Waals surface area contributed by atoms with Crippen LogP contribution in [0.5, 0.6) is 0 Å². The Morgan fingerprint density at radius 1 is 1.30 bits per heavy atom. The summed E-state index contributed by atoms with van der Waals surface area (Å²) in [4.78, 5) is 30.6. The van der Waals surface area contributed by atoms with Crippen molar-refractivity contribution >= 4 is 17.6 Å². The third-order valence-electron chi connectivity index (χ3n) is 5.67. The van der Waals surface area contributed by atoms with Gasteiger partial charge in [0, 0.05) is 26.2 Å². The molecule has 1 aliphatic carbocycles. The molecule has 0 radical (unpaired) electrons. The fraction of sp³-hybridized carbons (Fsp3) is 0.611. The first kappa shape index (κ1) is 20.4. The first-order valence-corrected chi connectivity index (χ1v) is 9.71. The molecule has 2 aromatic heterocycles. The summed E-state index contributed by atoms with van der Waals surface area (Å²) in [5.41, 5.74) is 0.801. The maximum Gasteiger partial charge on any atom is 0.391 e. The predicted molar refractivity (Wildman–Crippen MR) is 98.5 cm³/mol. The van der Waals surface area contributed by atoms with E-state index >= 15 is 0 Å². The van der Waals surface area contributed by atoms with Crippen LogP contribution < -0.4 is 10.2 Å². The van der Waals surface area contributed by atoms with E-state index in [-0.39, 0.29) is 37.0 Å². The number of anilines is 1. The van der Waals surface area contributed by atoms with Gasteiger partial charge in [0.25, 0.3) is 11.8 Å². The number of hydrogen-bond donors (Lipinski definition) is 1. The molecule has 0 spiro atoms. The highest BCUT2D eigenvalue weighted by Gasteiger charge is 2.47. The van der Waals surface area contributed by atoms with Crippen molar-refractivity contribution in [2.75, 3.05) is 11.9 Å². The Kier molecular flexibility index (Phi) is 5.02. The Bertz CT molecular complexity index is 961. The van der Waals surface area contributed by atoms with Crippen LogP contribution in [0.25, 0.3) is 0 Å². The Labute approximate surface area is 170 Å². The Morgan fingerprint density at radius 2 is 2.03 bits per heavy atom. The van der Waals surface area contributed by atoms with Gasteiger partial charge in [-0.2, -0.15) is 18.3 Å². The Balaban J connectivity index is 1.35. The fourth-order valence-corrected chi connectivity index (χ4v) is 3.95. The lowest BCUT2D eigenvalue weighted by Crippen LogP contribution is -2.47. The summed E-state index contributed by atoms with van der Waals surface area (Å²) < 4.78 is 40.9. The molecule has 1 atom stereocenters. The van der Waals surface area contributed by atoms with E-state index in [0.717, 1.165) is 5.69 Å². The number of fused-ring (bicyclic) bond motifs is 1. The second-order valence-electron chi connectivity index (χ2n) is 7.95. The average Bonchev–Trinajstić information content (AvgIpc) is 3.23. The normalized spacial score (nSPS) is 24.2. The first-order chi connectivity index (χ1) is 14.1. The number of rotatable bonds is 4. The molecule has 1 fully saturated rings. The predicted octanol–water partition coefficient (Wildman–Crippen LogP) is 1.54. The molecule has 162 valence electrons. The second kappa shape index (κ2) is 7.40. The van der Waals surface area contributed by atoms with Gasteiger partial charge in [-0.15, -0.1) is 5.10 Å². The Morgan fingerprint density at radius 3 is 2.73 bits per heavy atom. The lowest BCUT2D eigenvalue weighted by molar-refractivity contribution is -0.205. The van der Waals surface area contributed by atoms with Crippen molar-refractivity contribution in [3.63, 3.8) is 0 Å². The molecule has 4 rings (SSSR count). The van der Waals surface area contributed by atoms with Crippen molar-refractivity contribution in [2.24, 2.45) is 11.8 Å². The zero-order valence-electron chi connectivity index (χ0n) is 16.6. The summed E-state index contributed by atoms with van der Waals surface area (Å²) in [5, 5.41) is 11.1. The highest BCUT2D eigenvalue weighted by atomic mass is 19.4. The maximum atomic E-state index is 12.7. The van der Waals surface area contributed by atoms with Gasteiger partial charge in [-0.3, -0.25) is 19.2 Å². The fourth-order valence-electron chi connectivity index (χ4n) is 3.95. The minimum atomic E-state index is -4.16. The lowest BCUT2D eigenvalue weighted by atomic mass is 9.74. The molecule has 0 unspecified atom stereocenters. The summed E-state index contributed by atoms with van der Waals surface area (Å²) in [7, 11) is 1.62. The van der Waals surface area contributed by atoms with Gasteiger partial charge in [0.15, 0.2) is 0 Å². The third kappa shape index (κ3) is 3.90. The number of aromatic nitrogens is 5. The third-order valence-corrected chi connectivity index (χ3v) is 5.67. The van der Waals surface area contributed by atoms with Crippen molar-refractivity contribution in [3.8, 4) is 0 Å². The number of amides is 2. The number of nitrogens with one attached hydrogen (secondary N) is 1. The van der Waals surface area contributed by atoms with Gasteiger partial charge in [0.05, 0.1) is 11.6 Å². The highest BCUT2D eigenvalue weighted by molar-refractivity contribution is 6.00. The smallest absolute Gasteiger partial charge is 0.337 e. The molecule has 12 heteroatoms. The molecule has 1 aliphatic heterocycles. The highest BCUT2D eigenvalue weighted by Crippen LogP contribution is 2.45. The molecule has 0 aromatic carbocycles. The molecule has 0 bridgehead atoms. The quantitative estimate of drug-likeness (QED) is 0.801. The van der Waals surface area contributed by atoms with Crippen LogP contribution in [0, 0.1) is 18.8 Å². The topological polar surface area (TPSA) is 97.9 Å². The molecule has 2 aromatic rings. The first-order valence-electron chi connectivity index (χ1n) is 9.71. The molecule has 30 heavy (non-hydrogen) atoms. The van der Waals surface area contributed by atoms with Crippen LogP contribution in [0.4, 0.5) is 19.0 Å². The minimum absolute atomic E-state index is 0.0576. The number of aryl methyl sites for hydroxylation is 2. The van der Waals surface area contributed by atoms with Gasteiger partial charge in [0.2, 0.25) is 5.82 Å². The molecule has 2 amide bonds. The molecule has 9 nitrogen and oxygen atoms in total. The second-order valence-corrected chi connectivity index (χ2v) is 7.95. The van der Waals surface area contributed by atoms with Crippen LogP contribution in [0.2, 0.25) is 0 Å². The number of alkyl halides is 3. The van der Waals surface area contributed by atoms with E-state index < -0.39 is 24.0 Å². The Hall–Kier alpha value is -2.92. The van der Waals surface area contributed by atoms with Crippen LogP contribution in [0.3, 0.4) is 0 Å². The summed E-state index contributed by atoms with van der Waals surface area (Å²) >= 11 is 0. The molecule has 3 heterocycles. The van der Waals surface area contributed by atoms with Crippen LogP contribution >= 0.6 is 0 Å². The van der Waals surface area contributed by atoms with Crippen molar-refractivity contribution in [3.05, 3.63) is 23.9 Å². The van der Waals surface area contributed by atoms with E-state index in [1.165, 1.54) is 15.9 Å². The number of carbonyl (C=O) groups is 2. The number of hydrogen-bond acceptors (Lipinski definition) is 5. The van der Waals surface area contributed by atoms with Gasteiger partial charge in [-0.25, -0.2) is 9.67 Å². The van der Waals surface area contributed by atoms with Gasteiger partial charge < -0.3 is 5.32 Å². The average molecular weight is 425 g/mol. The van der Waals surface area contributed by atoms with Crippen molar-refractivity contribution in [2.45, 2.75) is 51.5 Å². The van der Waals surface area contributed by atoms with E-state index in [0.29, 0.717) is 18.8 Å². The van der Waals surface area contributed by atoms with E-state index in [1.54, 1.807) is 17.8 Å². The number of nitrogens with zero attached hydrogens (tertiary/aromatic N) is 6. The van der Waals surface area contributed by atoms with Crippen LogP contribution in [-0.2, 0) is 17.9 Å². The molecule has 1 saturated carbocycles. The van der Waals surface area contributed by atoms with Gasteiger partial charge >= 0.3 is 6.18 Å². The van der Waals surface area contributed by atoms with Crippen LogP contribution in [-0.4, -0.2) is 55.6 Å². The molecular formula is C18H22F3N7O2. The summed E-state index contributed by atoms with van der Waals surface area (Å²) in [6, 6.07) is 1.05. The van der Waals surface area contributed by atoms with E-state index in [4.69, 9.17) is 0 Å². The zero-order valence-corrected chi connectivity index (χ0v) is 16.6.